The maximum atomic E-state index is 13.1. The summed E-state index contributed by atoms with van der Waals surface area (Å²) in [5, 5.41) is 14.4. The summed E-state index contributed by atoms with van der Waals surface area (Å²) in [6.07, 6.45) is 5.13. The van der Waals surface area contributed by atoms with Gasteiger partial charge in [0.05, 0.1) is 29.5 Å². The highest BCUT2D eigenvalue weighted by atomic mass is 32.2. The first-order valence-corrected chi connectivity index (χ1v) is 10.4. The Balaban J connectivity index is 1.67. The van der Waals surface area contributed by atoms with E-state index in [0.717, 1.165) is 16.8 Å². The van der Waals surface area contributed by atoms with E-state index in [1.54, 1.807) is 6.33 Å². The van der Waals surface area contributed by atoms with Crippen LogP contribution in [-0.2, 0) is 9.84 Å². The van der Waals surface area contributed by atoms with Crippen LogP contribution >= 0.6 is 0 Å². The van der Waals surface area contributed by atoms with E-state index in [9.17, 15) is 13.5 Å². The van der Waals surface area contributed by atoms with Crippen molar-refractivity contribution in [2.75, 3.05) is 13.1 Å². The molecule has 0 bridgehead atoms. The van der Waals surface area contributed by atoms with Crippen molar-refractivity contribution in [3.05, 3.63) is 42.4 Å². The minimum atomic E-state index is -3.58. The van der Waals surface area contributed by atoms with Gasteiger partial charge >= 0.3 is 0 Å². The Hall–Kier alpha value is -1.70. The molecule has 0 amide bonds. The van der Waals surface area contributed by atoms with E-state index in [2.05, 4.69) is 10.3 Å². The van der Waals surface area contributed by atoms with Crippen LogP contribution in [0.4, 0.5) is 0 Å². The highest BCUT2D eigenvalue weighted by Crippen LogP contribution is 2.50. The van der Waals surface area contributed by atoms with Crippen LogP contribution in [0.3, 0.4) is 0 Å². The van der Waals surface area contributed by atoms with Gasteiger partial charge < -0.3 is 15.0 Å². The molecule has 2 aliphatic heterocycles. The molecule has 3 atom stereocenters. The van der Waals surface area contributed by atoms with E-state index in [-0.39, 0.29) is 17.7 Å². The van der Waals surface area contributed by atoms with Crippen molar-refractivity contribution in [2.24, 2.45) is 5.92 Å². The minimum absolute atomic E-state index is 0.222. The highest BCUT2D eigenvalue weighted by Gasteiger charge is 2.58. The van der Waals surface area contributed by atoms with Gasteiger partial charge in [0.1, 0.15) is 0 Å². The first-order valence-electron chi connectivity index (χ1n) is 8.82. The Morgan fingerprint density at radius 3 is 2.88 bits per heavy atom. The van der Waals surface area contributed by atoms with Gasteiger partial charge in [-0.15, -0.1) is 0 Å². The second-order valence-corrected chi connectivity index (χ2v) is 9.83. The standard InChI is InChI=1S/C18H21N3O3S/c22-18(25(23,24)12-5-6-12)7-8-19-9-15(18)17-14-4-2-1-3-13(14)16-10-20-11-21(16)17/h1-4,10-12,15,17,19,22H,5-9H2/t15-,17+,18+/m1/s1. The number of aliphatic hydroxyl groups is 1. The Bertz CT molecular complexity index is 935. The molecule has 2 fully saturated rings. The summed E-state index contributed by atoms with van der Waals surface area (Å²) in [7, 11) is -3.58. The molecule has 2 N–H and O–H groups in total. The quantitative estimate of drug-likeness (QED) is 0.864. The topological polar surface area (TPSA) is 84.2 Å². The monoisotopic (exact) mass is 359 g/mol. The predicted octanol–water partition coefficient (Wildman–Crippen LogP) is 1.33. The third-order valence-electron chi connectivity index (χ3n) is 5.96. The van der Waals surface area contributed by atoms with Crippen molar-refractivity contribution in [3.63, 3.8) is 0 Å². The normalized spacial score (nSPS) is 31.6. The van der Waals surface area contributed by atoms with Crippen LogP contribution in [0.1, 0.15) is 30.9 Å². The van der Waals surface area contributed by atoms with E-state index in [4.69, 9.17) is 0 Å². The van der Waals surface area contributed by atoms with Crippen LogP contribution in [0.2, 0.25) is 0 Å². The van der Waals surface area contributed by atoms with Crippen LogP contribution in [-0.4, -0.2) is 46.3 Å². The first-order chi connectivity index (χ1) is 12.0. The zero-order valence-electron chi connectivity index (χ0n) is 13.8. The Morgan fingerprint density at radius 2 is 2.08 bits per heavy atom. The minimum Gasteiger partial charge on any atom is -0.374 e. The van der Waals surface area contributed by atoms with Crippen molar-refractivity contribution in [1.82, 2.24) is 14.9 Å². The molecule has 7 heteroatoms. The SMILES string of the molecule is O=S(=O)(C1CC1)[C@@]1(O)CCNC[C@@H]1[C@@H]1c2ccccc2-c2cncn21. The smallest absolute Gasteiger partial charge is 0.183 e. The van der Waals surface area contributed by atoms with Crippen LogP contribution in [0.5, 0.6) is 0 Å². The molecule has 1 aliphatic carbocycles. The van der Waals surface area contributed by atoms with Crippen LogP contribution < -0.4 is 5.32 Å². The van der Waals surface area contributed by atoms with Gasteiger partial charge in [-0.1, -0.05) is 24.3 Å². The average molecular weight is 359 g/mol. The van der Waals surface area contributed by atoms with Gasteiger partial charge in [-0.05, 0) is 24.9 Å². The number of piperidine rings is 1. The number of nitrogens with zero attached hydrogens (tertiary/aromatic N) is 2. The second kappa shape index (κ2) is 5.16. The fraction of sp³-hybridized carbons (Fsp3) is 0.500. The van der Waals surface area contributed by atoms with Crippen molar-refractivity contribution in [1.29, 1.82) is 0 Å². The Kier molecular flexibility index (Phi) is 3.21. The molecule has 6 nitrogen and oxygen atoms in total. The fourth-order valence-electron chi connectivity index (χ4n) is 4.53. The summed E-state index contributed by atoms with van der Waals surface area (Å²) in [6, 6.07) is 7.79. The van der Waals surface area contributed by atoms with Crippen molar-refractivity contribution < 1.29 is 13.5 Å². The fourth-order valence-corrected chi connectivity index (χ4v) is 6.89. The molecule has 0 unspecified atom stereocenters. The molecule has 1 saturated heterocycles. The van der Waals surface area contributed by atoms with Crippen LogP contribution in [0, 0.1) is 5.92 Å². The lowest BCUT2D eigenvalue weighted by atomic mass is 9.84. The van der Waals surface area contributed by atoms with Gasteiger partial charge in [0.15, 0.2) is 14.8 Å². The van der Waals surface area contributed by atoms with Crippen molar-refractivity contribution in [2.45, 2.75) is 35.5 Å². The molecule has 1 aromatic carbocycles. The van der Waals surface area contributed by atoms with E-state index in [1.807, 2.05) is 35.0 Å². The number of hydrogen-bond acceptors (Lipinski definition) is 5. The number of sulfone groups is 1. The van der Waals surface area contributed by atoms with Gasteiger partial charge in [0.25, 0.3) is 0 Å². The summed E-state index contributed by atoms with van der Waals surface area (Å²) < 4.78 is 28.2. The van der Waals surface area contributed by atoms with Crippen molar-refractivity contribution in [3.8, 4) is 11.3 Å². The summed E-state index contributed by atoms with van der Waals surface area (Å²) in [6.45, 7) is 0.989. The van der Waals surface area contributed by atoms with Crippen LogP contribution in [0.15, 0.2) is 36.8 Å². The molecule has 5 rings (SSSR count). The van der Waals surface area contributed by atoms with Crippen molar-refractivity contribution >= 4 is 9.84 Å². The predicted molar refractivity (Wildman–Crippen MR) is 93.7 cm³/mol. The lowest BCUT2D eigenvalue weighted by molar-refractivity contribution is 0.0177. The average Bonchev–Trinajstić information content (AvgIpc) is 3.29. The lowest BCUT2D eigenvalue weighted by Crippen LogP contribution is -2.58. The number of benzene rings is 1. The van der Waals surface area contributed by atoms with Gasteiger partial charge in [0, 0.05) is 24.4 Å². The van der Waals surface area contributed by atoms with Gasteiger partial charge in [-0.2, -0.15) is 0 Å². The molecular formula is C18H21N3O3S. The molecule has 25 heavy (non-hydrogen) atoms. The van der Waals surface area contributed by atoms with E-state index < -0.39 is 20.7 Å². The molecule has 2 aromatic rings. The molecule has 0 spiro atoms. The maximum absolute atomic E-state index is 13.1. The lowest BCUT2D eigenvalue weighted by Gasteiger charge is -2.43. The largest absolute Gasteiger partial charge is 0.374 e. The van der Waals surface area contributed by atoms with E-state index in [1.165, 1.54) is 0 Å². The Labute approximate surface area is 146 Å². The molecule has 132 valence electrons. The summed E-state index contributed by atoms with van der Waals surface area (Å²) in [5.41, 5.74) is 3.12. The zero-order valence-corrected chi connectivity index (χ0v) is 14.6. The third-order valence-corrected chi connectivity index (χ3v) is 8.80. The summed E-state index contributed by atoms with van der Waals surface area (Å²) in [5.74, 6) is -0.441. The summed E-state index contributed by atoms with van der Waals surface area (Å²) >= 11 is 0. The number of fused-ring (bicyclic) bond motifs is 3. The van der Waals surface area contributed by atoms with Gasteiger partial charge in [-0.25, -0.2) is 13.4 Å². The summed E-state index contributed by atoms with van der Waals surface area (Å²) in [4.78, 5) is 2.57. The van der Waals surface area contributed by atoms with Gasteiger partial charge in [0.2, 0.25) is 0 Å². The van der Waals surface area contributed by atoms with E-state index in [0.29, 0.717) is 25.9 Å². The number of imidazole rings is 1. The molecule has 3 heterocycles. The zero-order chi connectivity index (χ0) is 17.2. The highest BCUT2D eigenvalue weighted by molar-refractivity contribution is 7.93. The molecule has 1 aromatic heterocycles. The molecule has 3 aliphatic rings. The molecule has 1 saturated carbocycles. The van der Waals surface area contributed by atoms with Gasteiger partial charge in [-0.3, -0.25) is 0 Å². The number of aromatic nitrogens is 2. The number of hydrogen-bond donors (Lipinski definition) is 2. The van der Waals surface area contributed by atoms with E-state index >= 15 is 0 Å². The molecule has 0 radical (unpaired) electrons. The Morgan fingerprint density at radius 1 is 1.28 bits per heavy atom. The maximum Gasteiger partial charge on any atom is 0.183 e. The third kappa shape index (κ3) is 2.03. The number of rotatable bonds is 3. The van der Waals surface area contributed by atoms with Crippen LogP contribution in [0.25, 0.3) is 11.3 Å². The molecular weight excluding hydrogens is 338 g/mol. The second-order valence-electron chi connectivity index (χ2n) is 7.37. The number of nitrogens with one attached hydrogen (secondary N) is 1. The first kappa shape index (κ1) is 15.5.